The van der Waals surface area contributed by atoms with E-state index in [2.05, 4.69) is 10.6 Å². The number of hydrogen-bond acceptors (Lipinski definition) is 6. The maximum absolute atomic E-state index is 12.3. The van der Waals surface area contributed by atoms with Gasteiger partial charge in [0.1, 0.15) is 17.4 Å². The number of amides is 2. The van der Waals surface area contributed by atoms with Crippen LogP contribution in [0.5, 0.6) is 5.75 Å². The summed E-state index contributed by atoms with van der Waals surface area (Å²) in [6, 6.07) is 15.0. The summed E-state index contributed by atoms with van der Waals surface area (Å²) in [6.45, 7) is 2.80. The number of ether oxygens (including phenoxy) is 2. The minimum atomic E-state index is -1.13. The number of anilines is 2. The lowest BCUT2D eigenvalue weighted by Crippen LogP contribution is -2.30. The number of nitrogens with one attached hydrogen (secondary N) is 2. The van der Waals surface area contributed by atoms with Crippen molar-refractivity contribution in [2.45, 2.75) is 20.0 Å². The lowest BCUT2D eigenvalue weighted by molar-refractivity contribution is -0.148. The van der Waals surface area contributed by atoms with Gasteiger partial charge in [0.2, 0.25) is 5.91 Å². The Hall–Kier alpha value is -4.12. The number of carbonyl (C=O) groups is 3. The third-order valence-corrected chi connectivity index (χ3v) is 3.87. The zero-order valence-corrected chi connectivity index (χ0v) is 16.8. The van der Waals surface area contributed by atoms with Crippen molar-refractivity contribution in [3.8, 4) is 11.8 Å². The van der Waals surface area contributed by atoms with Crippen molar-refractivity contribution >= 4 is 35.2 Å². The first-order valence-electron chi connectivity index (χ1n) is 8.97. The van der Waals surface area contributed by atoms with Crippen LogP contribution in [0.3, 0.4) is 0 Å². The van der Waals surface area contributed by atoms with Crippen molar-refractivity contribution in [3.05, 3.63) is 59.7 Å². The van der Waals surface area contributed by atoms with Gasteiger partial charge in [0.25, 0.3) is 5.91 Å². The molecule has 2 amide bonds. The molecule has 0 bridgehead atoms. The van der Waals surface area contributed by atoms with Gasteiger partial charge < -0.3 is 20.1 Å². The summed E-state index contributed by atoms with van der Waals surface area (Å²) in [5, 5.41) is 14.5. The van der Waals surface area contributed by atoms with Crippen LogP contribution in [-0.4, -0.2) is 31.0 Å². The predicted octanol–water partition coefficient (Wildman–Crippen LogP) is 3.13. The zero-order chi connectivity index (χ0) is 22.1. The predicted molar refractivity (Wildman–Crippen MR) is 112 cm³/mol. The molecule has 0 saturated carbocycles. The minimum absolute atomic E-state index is 0.206. The van der Waals surface area contributed by atoms with Crippen LogP contribution in [0.15, 0.2) is 54.1 Å². The monoisotopic (exact) mass is 407 g/mol. The molecule has 2 N–H and O–H groups in total. The zero-order valence-electron chi connectivity index (χ0n) is 16.8. The molecule has 0 saturated heterocycles. The molecule has 0 aromatic heterocycles. The number of esters is 1. The van der Waals surface area contributed by atoms with Gasteiger partial charge in [-0.15, -0.1) is 0 Å². The molecule has 30 heavy (non-hydrogen) atoms. The van der Waals surface area contributed by atoms with E-state index in [1.54, 1.807) is 54.6 Å². The van der Waals surface area contributed by atoms with E-state index in [0.717, 1.165) is 0 Å². The van der Waals surface area contributed by atoms with Crippen LogP contribution in [0, 0.1) is 11.3 Å². The van der Waals surface area contributed by atoms with Gasteiger partial charge in [0.05, 0.1) is 7.11 Å². The Bertz CT molecular complexity index is 1010. The first kappa shape index (κ1) is 22.2. The number of nitrogens with zero attached hydrogens (tertiary/aromatic N) is 1. The van der Waals surface area contributed by atoms with E-state index in [-0.39, 0.29) is 11.5 Å². The van der Waals surface area contributed by atoms with E-state index in [1.807, 2.05) is 0 Å². The summed E-state index contributed by atoms with van der Waals surface area (Å²) in [7, 11) is 1.51. The van der Waals surface area contributed by atoms with E-state index >= 15 is 0 Å². The van der Waals surface area contributed by atoms with E-state index in [4.69, 9.17) is 9.47 Å². The maximum atomic E-state index is 12.3. The van der Waals surface area contributed by atoms with Gasteiger partial charge >= 0.3 is 5.97 Å². The molecule has 0 radical (unpaired) electrons. The first-order valence-corrected chi connectivity index (χ1v) is 8.97. The number of rotatable bonds is 7. The summed E-state index contributed by atoms with van der Waals surface area (Å²) >= 11 is 0. The van der Waals surface area contributed by atoms with Crippen molar-refractivity contribution in [2.24, 2.45) is 0 Å². The molecule has 154 valence electrons. The molecule has 0 aliphatic carbocycles. The summed E-state index contributed by atoms with van der Waals surface area (Å²) in [5.74, 6) is -1.10. The first-order chi connectivity index (χ1) is 14.3. The summed E-state index contributed by atoms with van der Waals surface area (Å²) in [4.78, 5) is 35.6. The topological polar surface area (TPSA) is 118 Å². The smallest absolute Gasteiger partial charge is 0.349 e. The largest absolute Gasteiger partial charge is 0.497 e. The quantitative estimate of drug-likeness (QED) is 0.414. The number of nitriles is 1. The minimum Gasteiger partial charge on any atom is -0.497 e. The Morgan fingerprint density at radius 2 is 1.70 bits per heavy atom. The normalized spacial score (nSPS) is 11.6. The Balaban J connectivity index is 2.00. The number of benzene rings is 2. The molecule has 1 atom stereocenters. The van der Waals surface area contributed by atoms with Gasteiger partial charge in [-0.2, -0.15) is 5.26 Å². The third-order valence-electron chi connectivity index (χ3n) is 3.87. The number of methoxy groups -OCH3 is 1. The van der Waals surface area contributed by atoms with Gasteiger partial charge in [-0.05, 0) is 55.0 Å². The van der Waals surface area contributed by atoms with E-state index in [9.17, 15) is 19.6 Å². The summed E-state index contributed by atoms with van der Waals surface area (Å²) < 4.78 is 10.2. The average Bonchev–Trinajstić information content (AvgIpc) is 2.73. The lowest BCUT2D eigenvalue weighted by Gasteiger charge is -2.13. The molecule has 2 rings (SSSR count). The van der Waals surface area contributed by atoms with Crippen molar-refractivity contribution in [2.75, 3.05) is 17.7 Å². The van der Waals surface area contributed by atoms with Crippen molar-refractivity contribution in [1.82, 2.24) is 0 Å². The Kier molecular flexibility index (Phi) is 7.71. The van der Waals surface area contributed by atoms with Crippen LogP contribution < -0.4 is 15.4 Å². The molecule has 0 fully saturated rings. The third kappa shape index (κ3) is 6.49. The fraction of sp³-hybridized carbons (Fsp3) is 0.182. The van der Waals surface area contributed by atoms with Crippen LogP contribution in [0.1, 0.15) is 19.4 Å². The van der Waals surface area contributed by atoms with Crippen molar-refractivity contribution in [1.29, 1.82) is 5.26 Å². The summed E-state index contributed by atoms with van der Waals surface area (Å²) in [6.07, 6.45) is 0.227. The second-order valence-corrected chi connectivity index (χ2v) is 6.24. The lowest BCUT2D eigenvalue weighted by atomic mass is 10.1. The molecule has 8 heteroatoms. The molecule has 0 spiro atoms. The molecule has 0 heterocycles. The van der Waals surface area contributed by atoms with E-state index in [1.165, 1.54) is 27.0 Å². The molecular weight excluding hydrogens is 386 g/mol. The van der Waals surface area contributed by atoms with Crippen molar-refractivity contribution < 1.29 is 23.9 Å². The number of hydrogen-bond donors (Lipinski definition) is 2. The highest BCUT2D eigenvalue weighted by atomic mass is 16.5. The fourth-order valence-corrected chi connectivity index (χ4v) is 2.40. The molecule has 2 aromatic rings. The Labute approximate surface area is 174 Å². The second-order valence-electron chi connectivity index (χ2n) is 6.24. The van der Waals surface area contributed by atoms with Gasteiger partial charge in [0, 0.05) is 18.3 Å². The van der Waals surface area contributed by atoms with Crippen LogP contribution in [-0.2, 0) is 19.1 Å². The highest BCUT2D eigenvalue weighted by Crippen LogP contribution is 2.17. The molecule has 0 aliphatic heterocycles. The highest BCUT2D eigenvalue weighted by Gasteiger charge is 2.20. The van der Waals surface area contributed by atoms with Crippen LogP contribution in [0.25, 0.3) is 6.08 Å². The summed E-state index contributed by atoms with van der Waals surface area (Å²) in [5.41, 5.74) is 1.38. The Morgan fingerprint density at radius 3 is 2.27 bits per heavy atom. The van der Waals surface area contributed by atoms with Gasteiger partial charge in [0.15, 0.2) is 6.10 Å². The molecular formula is C22H21N3O5. The van der Waals surface area contributed by atoms with E-state index in [0.29, 0.717) is 22.7 Å². The van der Waals surface area contributed by atoms with Crippen LogP contribution in [0.2, 0.25) is 0 Å². The standard InChI is InChI=1S/C22H21N3O5/c1-14(21(27)25-19-9-7-18(8-10-19)24-15(2)26)30-22(28)17(13-23)11-16-5-4-6-20(12-16)29-3/h4-12,14H,1-3H3,(H,24,26)(H,25,27)/b17-11+/t14-/m0/s1. The second kappa shape index (κ2) is 10.4. The van der Waals surface area contributed by atoms with E-state index < -0.39 is 18.0 Å². The molecule has 8 nitrogen and oxygen atoms in total. The van der Waals surface area contributed by atoms with Crippen molar-refractivity contribution in [3.63, 3.8) is 0 Å². The maximum Gasteiger partial charge on any atom is 0.349 e. The molecule has 0 unspecified atom stereocenters. The van der Waals surface area contributed by atoms with Crippen LogP contribution in [0.4, 0.5) is 11.4 Å². The van der Waals surface area contributed by atoms with Crippen LogP contribution >= 0.6 is 0 Å². The highest BCUT2D eigenvalue weighted by molar-refractivity contribution is 6.01. The van der Waals surface area contributed by atoms with Gasteiger partial charge in [-0.1, -0.05) is 12.1 Å². The SMILES string of the molecule is COc1cccc(/C=C(\C#N)C(=O)O[C@@H](C)C(=O)Nc2ccc(NC(C)=O)cc2)c1. The Morgan fingerprint density at radius 1 is 1.07 bits per heavy atom. The molecule has 0 aliphatic rings. The van der Waals surface area contributed by atoms with Gasteiger partial charge in [-0.25, -0.2) is 4.79 Å². The molecule has 2 aromatic carbocycles. The number of carbonyl (C=O) groups excluding carboxylic acids is 3. The van der Waals surface area contributed by atoms with Gasteiger partial charge in [-0.3, -0.25) is 9.59 Å². The average molecular weight is 407 g/mol. The fourth-order valence-electron chi connectivity index (χ4n) is 2.40.